The lowest BCUT2D eigenvalue weighted by Gasteiger charge is -2.26. The van der Waals surface area contributed by atoms with E-state index in [1.165, 1.54) is 57.8 Å². The second-order valence-electron chi connectivity index (χ2n) is 6.82. The van der Waals surface area contributed by atoms with E-state index in [0.717, 1.165) is 24.5 Å². The molecule has 2 N–H and O–H groups in total. The Balaban J connectivity index is 1.83. The highest BCUT2D eigenvalue weighted by atomic mass is 15.3. The first-order chi connectivity index (χ1) is 9.69. The molecule has 4 heteroatoms. The zero-order valence-electron chi connectivity index (χ0n) is 12.8. The van der Waals surface area contributed by atoms with Gasteiger partial charge in [0, 0.05) is 13.0 Å². The summed E-state index contributed by atoms with van der Waals surface area (Å²) in [5.74, 6) is 2.65. The van der Waals surface area contributed by atoms with Crippen LogP contribution >= 0.6 is 0 Å². The van der Waals surface area contributed by atoms with E-state index in [1.54, 1.807) is 0 Å². The van der Waals surface area contributed by atoms with Gasteiger partial charge in [0.2, 0.25) is 0 Å². The molecule has 2 aliphatic carbocycles. The van der Waals surface area contributed by atoms with Crippen molar-refractivity contribution in [3.8, 4) is 0 Å². The van der Waals surface area contributed by atoms with Crippen LogP contribution in [0.4, 0.5) is 0 Å². The molecule has 2 fully saturated rings. The molecule has 112 valence electrons. The van der Waals surface area contributed by atoms with Crippen molar-refractivity contribution < 1.29 is 0 Å². The molecule has 4 nitrogen and oxygen atoms in total. The van der Waals surface area contributed by atoms with E-state index in [0.29, 0.717) is 5.92 Å². The second kappa shape index (κ2) is 5.84. The Kier molecular flexibility index (Phi) is 4.11. The SMILES string of the molecule is Cn1nc(C2CCCCC2)nc1C1(N)CCCCCC1. The van der Waals surface area contributed by atoms with Crippen LogP contribution in [0.15, 0.2) is 0 Å². The molecule has 2 aliphatic rings. The van der Waals surface area contributed by atoms with Gasteiger partial charge < -0.3 is 5.73 Å². The molecule has 0 bridgehead atoms. The zero-order chi connectivity index (χ0) is 14.0. The van der Waals surface area contributed by atoms with Crippen molar-refractivity contribution in [2.45, 2.75) is 82.1 Å². The molecule has 0 saturated heterocycles. The lowest BCUT2D eigenvalue weighted by molar-refractivity contribution is 0.348. The number of rotatable bonds is 2. The summed E-state index contributed by atoms with van der Waals surface area (Å²) in [5.41, 5.74) is 6.46. The summed E-state index contributed by atoms with van der Waals surface area (Å²) >= 11 is 0. The van der Waals surface area contributed by atoms with Crippen molar-refractivity contribution in [2.24, 2.45) is 12.8 Å². The zero-order valence-corrected chi connectivity index (χ0v) is 12.8. The minimum Gasteiger partial charge on any atom is -0.319 e. The first-order valence-corrected chi connectivity index (χ1v) is 8.39. The molecule has 0 aromatic carbocycles. The molecular formula is C16H28N4. The Morgan fingerprint density at radius 3 is 2.25 bits per heavy atom. The Morgan fingerprint density at radius 1 is 1.00 bits per heavy atom. The summed E-state index contributed by atoms with van der Waals surface area (Å²) in [4.78, 5) is 4.90. The third-order valence-corrected chi connectivity index (χ3v) is 5.19. The van der Waals surface area contributed by atoms with E-state index in [2.05, 4.69) is 0 Å². The maximum Gasteiger partial charge on any atom is 0.154 e. The predicted octanol–water partition coefficient (Wildman–Crippen LogP) is 3.37. The van der Waals surface area contributed by atoms with Gasteiger partial charge in [-0.3, -0.25) is 4.68 Å². The molecule has 0 aliphatic heterocycles. The fourth-order valence-corrected chi connectivity index (χ4v) is 3.95. The van der Waals surface area contributed by atoms with Gasteiger partial charge in [-0.2, -0.15) is 5.10 Å². The van der Waals surface area contributed by atoms with Gasteiger partial charge in [0.05, 0.1) is 5.54 Å². The highest BCUT2D eigenvalue weighted by Gasteiger charge is 2.34. The summed E-state index contributed by atoms with van der Waals surface area (Å²) in [6.45, 7) is 0. The second-order valence-corrected chi connectivity index (χ2v) is 6.82. The van der Waals surface area contributed by atoms with E-state index < -0.39 is 0 Å². The van der Waals surface area contributed by atoms with Gasteiger partial charge in [-0.15, -0.1) is 0 Å². The van der Waals surface area contributed by atoms with Gasteiger partial charge in [0.25, 0.3) is 0 Å². The van der Waals surface area contributed by atoms with Crippen molar-refractivity contribution in [3.63, 3.8) is 0 Å². The monoisotopic (exact) mass is 276 g/mol. The summed E-state index contributed by atoms with van der Waals surface area (Å²) in [5, 5.41) is 4.71. The molecule has 3 rings (SSSR count). The number of hydrogen-bond acceptors (Lipinski definition) is 3. The summed E-state index contributed by atoms with van der Waals surface area (Å²) in [6.07, 6.45) is 13.7. The molecule has 0 radical (unpaired) electrons. The molecule has 0 spiro atoms. The van der Waals surface area contributed by atoms with Crippen molar-refractivity contribution in [1.82, 2.24) is 14.8 Å². The van der Waals surface area contributed by atoms with Gasteiger partial charge in [0.15, 0.2) is 5.82 Å². The minimum atomic E-state index is -0.245. The average molecular weight is 276 g/mol. The van der Waals surface area contributed by atoms with Crippen molar-refractivity contribution >= 4 is 0 Å². The van der Waals surface area contributed by atoms with E-state index >= 15 is 0 Å². The fourth-order valence-electron chi connectivity index (χ4n) is 3.95. The fraction of sp³-hybridized carbons (Fsp3) is 0.875. The highest BCUT2D eigenvalue weighted by molar-refractivity contribution is 5.10. The van der Waals surface area contributed by atoms with Gasteiger partial charge in [-0.05, 0) is 25.7 Å². The van der Waals surface area contributed by atoms with Crippen LogP contribution in [0.25, 0.3) is 0 Å². The number of nitrogens with zero attached hydrogens (tertiary/aromatic N) is 3. The van der Waals surface area contributed by atoms with Crippen molar-refractivity contribution in [2.75, 3.05) is 0 Å². The molecule has 1 heterocycles. The van der Waals surface area contributed by atoms with Crippen LogP contribution < -0.4 is 5.73 Å². The Labute approximate surface area is 122 Å². The van der Waals surface area contributed by atoms with Crippen molar-refractivity contribution in [1.29, 1.82) is 0 Å². The standard InChI is InChI=1S/C16H28N4/c1-20-15(16(17)11-7-2-3-8-12-16)18-14(19-20)13-9-5-4-6-10-13/h13H,2-12,17H2,1H3. The lowest BCUT2D eigenvalue weighted by atomic mass is 9.88. The van der Waals surface area contributed by atoms with E-state index in [4.69, 9.17) is 15.8 Å². The third kappa shape index (κ3) is 2.76. The van der Waals surface area contributed by atoms with E-state index in [-0.39, 0.29) is 5.54 Å². The first kappa shape index (κ1) is 14.1. The number of hydrogen-bond donors (Lipinski definition) is 1. The van der Waals surface area contributed by atoms with Gasteiger partial charge in [0.1, 0.15) is 5.82 Å². The molecule has 1 aromatic heterocycles. The van der Waals surface area contributed by atoms with Crippen LogP contribution in [-0.2, 0) is 12.6 Å². The lowest BCUT2D eigenvalue weighted by Crippen LogP contribution is -2.38. The molecule has 0 amide bonds. The maximum atomic E-state index is 6.70. The molecule has 0 atom stereocenters. The molecule has 0 unspecified atom stereocenters. The van der Waals surface area contributed by atoms with Crippen LogP contribution in [0.3, 0.4) is 0 Å². The Morgan fingerprint density at radius 2 is 1.60 bits per heavy atom. The molecular weight excluding hydrogens is 248 g/mol. The van der Waals surface area contributed by atoms with Crippen LogP contribution in [-0.4, -0.2) is 14.8 Å². The molecule has 2 saturated carbocycles. The topological polar surface area (TPSA) is 56.7 Å². The summed E-state index contributed by atoms with van der Waals surface area (Å²) < 4.78 is 1.97. The van der Waals surface area contributed by atoms with Gasteiger partial charge >= 0.3 is 0 Å². The van der Waals surface area contributed by atoms with Crippen LogP contribution in [0.1, 0.15) is 88.2 Å². The predicted molar refractivity (Wildman–Crippen MR) is 80.4 cm³/mol. The van der Waals surface area contributed by atoms with Crippen LogP contribution in [0.2, 0.25) is 0 Å². The smallest absolute Gasteiger partial charge is 0.154 e. The normalized spacial score (nSPS) is 24.5. The highest BCUT2D eigenvalue weighted by Crippen LogP contribution is 2.35. The van der Waals surface area contributed by atoms with E-state index in [1.807, 2.05) is 11.7 Å². The maximum absolute atomic E-state index is 6.70. The third-order valence-electron chi connectivity index (χ3n) is 5.19. The summed E-state index contributed by atoms with van der Waals surface area (Å²) in [7, 11) is 2.02. The Bertz CT molecular complexity index is 437. The molecule has 1 aromatic rings. The number of nitrogens with two attached hydrogens (primary N) is 1. The number of aryl methyl sites for hydroxylation is 1. The Hall–Kier alpha value is -0.900. The van der Waals surface area contributed by atoms with Crippen molar-refractivity contribution in [3.05, 3.63) is 11.6 Å². The quantitative estimate of drug-likeness (QED) is 0.843. The van der Waals surface area contributed by atoms with Gasteiger partial charge in [-0.25, -0.2) is 4.98 Å². The average Bonchev–Trinajstić information content (AvgIpc) is 2.73. The van der Waals surface area contributed by atoms with E-state index in [9.17, 15) is 0 Å². The van der Waals surface area contributed by atoms with Gasteiger partial charge in [-0.1, -0.05) is 44.9 Å². The largest absolute Gasteiger partial charge is 0.319 e. The van der Waals surface area contributed by atoms with Crippen LogP contribution in [0.5, 0.6) is 0 Å². The molecule has 20 heavy (non-hydrogen) atoms. The number of aromatic nitrogens is 3. The minimum absolute atomic E-state index is 0.245. The first-order valence-electron chi connectivity index (χ1n) is 8.39. The summed E-state index contributed by atoms with van der Waals surface area (Å²) in [6, 6.07) is 0. The van der Waals surface area contributed by atoms with Crippen LogP contribution in [0, 0.1) is 0 Å².